The SMILES string of the molecule is Cc1ccccc1NC(=O)CN1C(=O)SC(=CC(=O)Nc2ccccc2)C1=O. The molecule has 2 N–H and O–H groups in total. The third-order valence-corrected chi connectivity index (χ3v) is 4.81. The van der Waals surface area contributed by atoms with Crippen molar-refractivity contribution in [3.63, 3.8) is 0 Å². The van der Waals surface area contributed by atoms with E-state index in [4.69, 9.17) is 0 Å². The first-order valence-electron chi connectivity index (χ1n) is 8.41. The van der Waals surface area contributed by atoms with Crippen LogP contribution in [0.3, 0.4) is 0 Å². The number of nitrogens with one attached hydrogen (secondary N) is 2. The fourth-order valence-electron chi connectivity index (χ4n) is 2.50. The second kappa shape index (κ2) is 8.53. The molecule has 1 heterocycles. The summed E-state index contributed by atoms with van der Waals surface area (Å²) in [6, 6.07) is 15.9. The Morgan fingerprint density at radius 3 is 2.39 bits per heavy atom. The quantitative estimate of drug-likeness (QED) is 0.759. The predicted molar refractivity (Wildman–Crippen MR) is 108 cm³/mol. The van der Waals surface area contributed by atoms with Gasteiger partial charge in [-0.3, -0.25) is 24.1 Å². The summed E-state index contributed by atoms with van der Waals surface area (Å²) in [5.41, 5.74) is 2.04. The van der Waals surface area contributed by atoms with Crippen molar-refractivity contribution in [2.75, 3.05) is 17.2 Å². The number of anilines is 2. The molecule has 0 spiro atoms. The van der Waals surface area contributed by atoms with Crippen LogP contribution in [0.2, 0.25) is 0 Å². The minimum atomic E-state index is -0.668. The Morgan fingerprint density at radius 2 is 1.68 bits per heavy atom. The molecule has 0 aliphatic carbocycles. The van der Waals surface area contributed by atoms with Crippen molar-refractivity contribution in [3.05, 3.63) is 71.1 Å². The lowest BCUT2D eigenvalue weighted by atomic mass is 10.2. The molecule has 4 amide bonds. The second-order valence-electron chi connectivity index (χ2n) is 5.99. The van der Waals surface area contributed by atoms with Crippen LogP contribution in [0.15, 0.2) is 65.6 Å². The molecule has 8 heteroatoms. The maximum absolute atomic E-state index is 12.4. The molecule has 142 valence electrons. The van der Waals surface area contributed by atoms with Gasteiger partial charge >= 0.3 is 0 Å². The topological polar surface area (TPSA) is 95.6 Å². The summed E-state index contributed by atoms with van der Waals surface area (Å²) >= 11 is 0.630. The molecule has 28 heavy (non-hydrogen) atoms. The van der Waals surface area contributed by atoms with Crippen molar-refractivity contribution in [1.82, 2.24) is 4.90 Å². The van der Waals surface area contributed by atoms with Gasteiger partial charge < -0.3 is 10.6 Å². The van der Waals surface area contributed by atoms with Gasteiger partial charge in [0.25, 0.3) is 11.1 Å². The zero-order valence-corrected chi connectivity index (χ0v) is 15.8. The summed E-state index contributed by atoms with van der Waals surface area (Å²) in [6.45, 7) is 1.42. The van der Waals surface area contributed by atoms with Crippen LogP contribution >= 0.6 is 11.8 Å². The first kappa shape index (κ1) is 19.4. The summed E-state index contributed by atoms with van der Waals surface area (Å²) in [5.74, 6) is -1.69. The number of amides is 4. The molecule has 0 unspecified atom stereocenters. The average Bonchev–Trinajstić information content (AvgIpc) is 2.91. The molecule has 0 saturated carbocycles. The molecule has 7 nitrogen and oxygen atoms in total. The maximum atomic E-state index is 12.4. The van der Waals surface area contributed by atoms with Crippen molar-refractivity contribution >= 4 is 46.1 Å². The van der Waals surface area contributed by atoms with Crippen molar-refractivity contribution in [3.8, 4) is 0 Å². The maximum Gasteiger partial charge on any atom is 0.294 e. The monoisotopic (exact) mass is 395 g/mol. The standard InChI is InChI=1S/C20H17N3O4S/c1-13-7-5-6-10-15(13)22-18(25)12-23-19(26)16(28-20(23)27)11-17(24)21-14-8-3-2-4-9-14/h2-11H,12H2,1H3,(H,21,24)(H,22,25). The van der Waals surface area contributed by atoms with Crippen LogP contribution in [0, 0.1) is 6.92 Å². The summed E-state index contributed by atoms with van der Waals surface area (Å²) in [6.07, 6.45) is 1.07. The number of benzene rings is 2. The van der Waals surface area contributed by atoms with Crippen LogP contribution in [-0.2, 0) is 14.4 Å². The van der Waals surface area contributed by atoms with Crippen LogP contribution in [0.4, 0.5) is 16.2 Å². The van der Waals surface area contributed by atoms with Gasteiger partial charge in [0.05, 0.1) is 4.91 Å². The molecule has 2 aromatic carbocycles. The third kappa shape index (κ3) is 4.66. The van der Waals surface area contributed by atoms with Crippen LogP contribution < -0.4 is 10.6 Å². The lowest BCUT2D eigenvalue weighted by molar-refractivity contribution is -0.127. The summed E-state index contributed by atoms with van der Waals surface area (Å²) in [4.78, 5) is 49.6. The Bertz CT molecular complexity index is 972. The van der Waals surface area contributed by atoms with E-state index in [0.29, 0.717) is 23.1 Å². The predicted octanol–water partition coefficient (Wildman–Crippen LogP) is 3.15. The van der Waals surface area contributed by atoms with Gasteiger partial charge in [-0.1, -0.05) is 36.4 Å². The normalized spacial score (nSPS) is 15.0. The van der Waals surface area contributed by atoms with Gasteiger partial charge in [-0.2, -0.15) is 0 Å². The Kier molecular flexibility index (Phi) is 5.90. The molecular formula is C20H17N3O4S. The van der Waals surface area contributed by atoms with Gasteiger partial charge in [0.2, 0.25) is 11.8 Å². The number of hydrogen-bond donors (Lipinski definition) is 2. The van der Waals surface area contributed by atoms with Crippen LogP contribution in [0.1, 0.15) is 5.56 Å². The molecule has 0 aromatic heterocycles. The fourth-order valence-corrected chi connectivity index (χ4v) is 3.31. The van der Waals surface area contributed by atoms with Gasteiger partial charge in [-0.15, -0.1) is 0 Å². The zero-order valence-electron chi connectivity index (χ0n) is 15.0. The zero-order chi connectivity index (χ0) is 20.1. The van der Waals surface area contributed by atoms with E-state index in [9.17, 15) is 19.2 Å². The highest BCUT2D eigenvalue weighted by Gasteiger charge is 2.36. The van der Waals surface area contributed by atoms with E-state index in [1.807, 2.05) is 25.1 Å². The van der Waals surface area contributed by atoms with Gasteiger partial charge in [0.1, 0.15) is 6.54 Å². The Labute approximate surface area is 165 Å². The first-order chi connectivity index (χ1) is 13.4. The number of nitrogens with zero attached hydrogens (tertiary/aromatic N) is 1. The second-order valence-corrected chi connectivity index (χ2v) is 6.98. The van der Waals surface area contributed by atoms with E-state index in [-0.39, 0.29) is 4.91 Å². The largest absolute Gasteiger partial charge is 0.324 e. The lowest BCUT2D eigenvalue weighted by Gasteiger charge is -2.13. The Hall–Kier alpha value is -3.39. The molecular weight excluding hydrogens is 378 g/mol. The summed E-state index contributed by atoms with van der Waals surface area (Å²) < 4.78 is 0. The number of carbonyl (C=O) groups excluding carboxylic acids is 4. The van der Waals surface area contributed by atoms with Gasteiger partial charge in [-0.25, -0.2) is 0 Å². The molecule has 0 radical (unpaired) electrons. The van der Waals surface area contributed by atoms with Crippen molar-refractivity contribution in [2.24, 2.45) is 0 Å². The van der Waals surface area contributed by atoms with Gasteiger partial charge in [-0.05, 0) is 42.4 Å². The van der Waals surface area contributed by atoms with E-state index in [0.717, 1.165) is 16.5 Å². The van der Waals surface area contributed by atoms with E-state index in [2.05, 4.69) is 10.6 Å². The molecule has 1 fully saturated rings. The van der Waals surface area contributed by atoms with Gasteiger partial charge in [0, 0.05) is 17.5 Å². The van der Waals surface area contributed by atoms with E-state index in [1.165, 1.54) is 0 Å². The number of imide groups is 1. The van der Waals surface area contributed by atoms with Crippen LogP contribution in [-0.4, -0.2) is 34.4 Å². The van der Waals surface area contributed by atoms with Crippen molar-refractivity contribution in [1.29, 1.82) is 0 Å². The Morgan fingerprint density at radius 1 is 1.00 bits per heavy atom. The average molecular weight is 395 g/mol. The van der Waals surface area contributed by atoms with E-state index >= 15 is 0 Å². The molecule has 1 aliphatic heterocycles. The molecule has 0 bridgehead atoms. The number of thioether (sulfide) groups is 1. The third-order valence-electron chi connectivity index (χ3n) is 3.90. The number of aryl methyl sites for hydroxylation is 1. The van der Waals surface area contributed by atoms with E-state index in [1.54, 1.807) is 36.4 Å². The van der Waals surface area contributed by atoms with Crippen molar-refractivity contribution in [2.45, 2.75) is 6.92 Å². The molecule has 0 atom stereocenters. The van der Waals surface area contributed by atoms with Crippen LogP contribution in [0.25, 0.3) is 0 Å². The molecule has 2 aromatic rings. The minimum Gasteiger partial charge on any atom is -0.324 e. The Balaban J connectivity index is 1.63. The van der Waals surface area contributed by atoms with Crippen LogP contribution in [0.5, 0.6) is 0 Å². The summed E-state index contributed by atoms with van der Waals surface area (Å²) in [5, 5.41) is 4.69. The molecule has 3 rings (SSSR count). The lowest BCUT2D eigenvalue weighted by Crippen LogP contribution is -2.36. The highest BCUT2D eigenvalue weighted by atomic mass is 32.2. The van der Waals surface area contributed by atoms with Crippen molar-refractivity contribution < 1.29 is 19.2 Å². The number of hydrogen-bond acceptors (Lipinski definition) is 5. The fraction of sp³-hybridized carbons (Fsp3) is 0.100. The van der Waals surface area contributed by atoms with E-state index < -0.39 is 29.5 Å². The molecule has 1 aliphatic rings. The molecule has 1 saturated heterocycles. The summed E-state index contributed by atoms with van der Waals surface area (Å²) in [7, 11) is 0. The van der Waals surface area contributed by atoms with Gasteiger partial charge in [0.15, 0.2) is 0 Å². The smallest absolute Gasteiger partial charge is 0.294 e. The first-order valence-corrected chi connectivity index (χ1v) is 9.22. The number of carbonyl (C=O) groups is 4. The minimum absolute atomic E-state index is 0.0258. The number of para-hydroxylation sites is 2. The highest BCUT2D eigenvalue weighted by molar-refractivity contribution is 8.18. The highest BCUT2D eigenvalue weighted by Crippen LogP contribution is 2.30. The number of rotatable bonds is 5.